The minimum absolute atomic E-state index is 0. The summed E-state index contributed by atoms with van der Waals surface area (Å²) >= 11 is 0. The molecule has 0 saturated heterocycles. The Kier molecular flexibility index (Phi) is 4.14. The van der Waals surface area contributed by atoms with Gasteiger partial charge in [0.15, 0.2) is 0 Å². The van der Waals surface area contributed by atoms with Crippen LogP contribution in [0.4, 0.5) is 0 Å². The summed E-state index contributed by atoms with van der Waals surface area (Å²) in [4.78, 5) is 17.7. The molecule has 11 heavy (non-hydrogen) atoms. The molecular formula is C6H7ClN2O2. The molecule has 0 unspecified atom stereocenters. The lowest BCUT2D eigenvalue weighted by molar-refractivity contribution is -0.132. The van der Waals surface area contributed by atoms with E-state index in [9.17, 15) is 4.79 Å². The van der Waals surface area contributed by atoms with Crippen LogP contribution in [0.3, 0.4) is 0 Å². The minimum Gasteiger partial charge on any atom is -0.406 e. The van der Waals surface area contributed by atoms with Gasteiger partial charge >= 0.3 is 5.97 Å². The van der Waals surface area contributed by atoms with Crippen molar-refractivity contribution in [1.82, 2.24) is 9.97 Å². The van der Waals surface area contributed by atoms with Gasteiger partial charge in [-0.1, -0.05) is 0 Å². The number of nitrogens with zero attached hydrogens (tertiary/aromatic N) is 2. The van der Waals surface area contributed by atoms with Crippen LogP contribution in [0.25, 0.3) is 0 Å². The van der Waals surface area contributed by atoms with Crippen molar-refractivity contribution in [3.63, 3.8) is 0 Å². The fourth-order valence-electron chi connectivity index (χ4n) is 0.485. The summed E-state index contributed by atoms with van der Waals surface area (Å²) in [5, 5.41) is 0. The van der Waals surface area contributed by atoms with E-state index in [-0.39, 0.29) is 24.3 Å². The maximum Gasteiger partial charge on any atom is 0.309 e. The van der Waals surface area contributed by atoms with Crippen LogP contribution in [0, 0.1) is 0 Å². The first-order valence-corrected chi connectivity index (χ1v) is 2.73. The standard InChI is InChI=1S/C6H6N2O2.ClH/c1-5(9)10-6-4-7-2-3-8-6;/h2-4H,1H3;1H. The van der Waals surface area contributed by atoms with Gasteiger partial charge in [0, 0.05) is 19.3 Å². The topological polar surface area (TPSA) is 52.1 Å². The number of esters is 1. The quantitative estimate of drug-likeness (QED) is 0.592. The summed E-state index contributed by atoms with van der Waals surface area (Å²) in [5.41, 5.74) is 0. The zero-order chi connectivity index (χ0) is 7.40. The van der Waals surface area contributed by atoms with Crippen molar-refractivity contribution < 1.29 is 9.53 Å². The Balaban J connectivity index is 0.000001000. The van der Waals surface area contributed by atoms with Crippen molar-refractivity contribution in [3.05, 3.63) is 18.6 Å². The Morgan fingerprint density at radius 3 is 2.73 bits per heavy atom. The van der Waals surface area contributed by atoms with E-state index in [0.29, 0.717) is 0 Å². The second-order valence-electron chi connectivity index (χ2n) is 1.64. The summed E-state index contributed by atoms with van der Waals surface area (Å²) in [5.74, 6) is -0.157. The largest absolute Gasteiger partial charge is 0.406 e. The van der Waals surface area contributed by atoms with E-state index < -0.39 is 0 Å². The van der Waals surface area contributed by atoms with E-state index in [2.05, 4.69) is 14.7 Å². The zero-order valence-corrected chi connectivity index (χ0v) is 6.67. The van der Waals surface area contributed by atoms with Crippen molar-refractivity contribution in [2.45, 2.75) is 6.92 Å². The Labute approximate surface area is 70.0 Å². The highest BCUT2D eigenvalue weighted by Crippen LogP contribution is 1.99. The second kappa shape index (κ2) is 4.62. The first kappa shape index (κ1) is 9.84. The highest BCUT2D eigenvalue weighted by Gasteiger charge is 1.95. The number of aromatic nitrogens is 2. The molecule has 0 atom stereocenters. The van der Waals surface area contributed by atoms with Crippen molar-refractivity contribution >= 4 is 18.4 Å². The predicted octanol–water partition coefficient (Wildman–Crippen LogP) is 0.824. The van der Waals surface area contributed by atoms with Crippen LogP contribution in [0.1, 0.15) is 6.92 Å². The lowest BCUT2D eigenvalue weighted by Crippen LogP contribution is -2.02. The van der Waals surface area contributed by atoms with Crippen molar-refractivity contribution in [1.29, 1.82) is 0 Å². The molecule has 0 aliphatic heterocycles. The van der Waals surface area contributed by atoms with E-state index in [1.165, 1.54) is 25.5 Å². The molecule has 60 valence electrons. The number of hydrogen-bond donors (Lipinski definition) is 0. The molecule has 1 aromatic rings. The summed E-state index contributed by atoms with van der Waals surface area (Å²) < 4.78 is 4.60. The fourth-order valence-corrected chi connectivity index (χ4v) is 0.485. The summed E-state index contributed by atoms with van der Waals surface area (Å²) in [6.07, 6.45) is 4.34. The van der Waals surface area contributed by atoms with E-state index in [1.807, 2.05) is 0 Å². The molecular weight excluding hydrogens is 168 g/mol. The highest BCUT2D eigenvalue weighted by atomic mass is 35.5. The number of rotatable bonds is 1. The first-order chi connectivity index (χ1) is 4.79. The molecule has 0 aliphatic carbocycles. The summed E-state index contributed by atoms with van der Waals surface area (Å²) in [6, 6.07) is 0. The van der Waals surface area contributed by atoms with E-state index in [4.69, 9.17) is 0 Å². The maximum atomic E-state index is 10.3. The molecule has 0 aliphatic rings. The van der Waals surface area contributed by atoms with E-state index >= 15 is 0 Å². The minimum atomic E-state index is -0.388. The first-order valence-electron chi connectivity index (χ1n) is 2.73. The van der Waals surface area contributed by atoms with Crippen LogP contribution in [0.2, 0.25) is 0 Å². The number of ether oxygens (including phenoxy) is 1. The summed E-state index contributed by atoms with van der Waals surface area (Å²) in [7, 11) is 0. The number of carbonyl (C=O) groups excluding carboxylic acids is 1. The highest BCUT2D eigenvalue weighted by molar-refractivity contribution is 5.85. The Morgan fingerprint density at radius 1 is 1.55 bits per heavy atom. The molecule has 4 nitrogen and oxygen atoms in total. The van der Waals surface area contributed by atoms with Crippen LogP contribution in [0.5, 0.6) is 5.88 Å². The SMILES string of the molecule is CC(=O)Oc1cnccn1.Cl. The average Bonchev–Trinajstić information content (AvgIpc) is 1.88. The molecule has 0 radical (unpaired) electrons. The number of hydrogen-bond acceptors (Lipinski definition) is 4. The van der Waals surface area contributed by atoms with Crippen LogP contribution in [-0.2, 0) is 4.79 Å². The summed E-state index contributed by atoms with van der Waals surface area (Å²) in [6.45, 7) is 1.31. The van der Waals surface area contributed by atoms with Gasteiger partial charge in [0.25, 0.3) is 0 Å². The van der Waals surface area contributed by atoms with Crippen LogP contribution < -0.4 is 4.74 Å². The Bertz CT molecular complexity index is 227. The van der Waals surface area contributed by atoms with Crippen molar-refractivity contribution in [2.24, 2.45) is 0 Å². The van der Waals surface area contributed by atoms with Gasteiger partial charge in [-0.25, -0.2) is 4.98 Å². The smallest absolute Gasteiger partial charge is 0.309 e. The van der Waals surface area contributed by atoms with Gasteiger partial charge in [-0.2, -0.15) is 0 Å². The molecule has 0 saturated carbocycles. The molecule has 0 amide bonds. The normalized spacial score (nSPS) is 8.09. The number of halogens is 1. The molecule has 0 spiro atoms. The van der Waals surface area contributed by atoms with Crippen LogP contribution in [-0.4, -0.2) is 15.9 Å². The van der Waals surface area contributed by atoms with E-state index in [0.717, 1.165) is 0 Å². The molecule has 1 aromatic heterocycles. The Morgan fingerprint density at radius 2 is 2.27 bits per heavy atom. The fraction of sp³-hybridized carbons (Fsp3) is 0.167. The third-order valence-corrected chi connectivity index (χ3v) is 0.788. The third kappa shape index (κ3) is 3.52. The molecule has 5 heteroatoms. The van der Waals surface area contributed by atoms with Gasteiger partial charge in [0.1, 0.15) is 0 Å². The van der Waals surface area contributed by atoms with Crippen molar-refractivity contribution in [3.8, 4) is 5.88 Å². The van der Waals surface area contributed by atoms with Crippen LogP contribution in [0.15, 0.2) is 18.6 Å². The number of carbonyl (C=O) groups is 1. The predicted molar refractivity (Wildman–Crippen MR) is 40.6 cm³/mol. The zero-order valence-electron chi connectivity index (χ0n) is 5.85. The van der Waals surface area contributed by atoms with Crippen molar-refractivity contribution in [2.75, 3.05) is 0 Å². The third-order valence-electron chi connectivity index (χ3n) is 0.788. The van der Waals surface area contributed by atoms with Gasteiger partial charge in [-0.15, -0.1) is 12.4 Å². The Hall–Kier alpha value is -1.16. The van der Waals surface area contributed by atoms with E-state index in [1.54, 1.807) is 0 Å². The maximum absolute atomic E-state index is 10.3. The van der Waals surface area contributed by atoms with Gasteiger partial charge < -0.3 is 4.74 Å². The van der Waals surface area contributed by atoms with Gasteiger partial charge in [0.2, 0.25) is 5.88 Å². The van der Waals surface area contributed by atoms with Gasteiger partial charge in [-0.3, -0.25) is 9.78 Å². The average molecular weight is 175 g/mol. The molecule has 0 bridgehead atoms. The molecule has 0 fully saturated rings. The van der Waals surface area contributed by atoms with Gasteiger partial charge in [0.05, 0.1) is 6.20 Å². The lowest BCUT2D eigenvalue weighted by Gasteiger charge is -1.95. The van der Waals surface area contributed by atoms with Gasteiger partial charge in [-0.05, 0) is 0 Å². The molecule has 1 heterocycles. The molecule has 1 rings (SSSR count). The van der Waals surface area contributed by atoms with Crippen LogP contribution >= 0.6 is 12.4 Å². The molecule has 0 aromatic carbocycles. The lowest BCUT2D eigenvalue weighted by atomic mass is 10.7. The second-order valence-corrected chi connectivity index (χ2v) is 1.64. The monoisotopic (exact) mass is 174 g/mol. The molecule has 0 N–H and O–H groups in total.